The number of esters is 1. The number of nitrogens with zero attached hydrogens (tertiary/aromatic N) is 2. The summed E-state index contributed by atoms with van der Waals surface area (Å²) in [6, 6.07) is 12.8. The molecular weight excluding hydrogens is 396 g/mol. The Morgan fingerprint density at radius 1 is 1.16 bits per heavy atom. The van der Waals surface area contributed by atoms with E-state index in [4.69, 9.17) is 14.2 Å². The number of aliphatic imine (C=N–C) groups is 1. The van der Waals surface area contributed by atoms with E-state index < -0.39 is 5.97 Å². The van der Waals surface area contributed by atoms with E-state index in [1.165, 1.54) is 7.11 Å². The summed E-state index contributed by atoms with van der Waals surface area (Å²) in [6.45, 7) is 3.47. The zero-order valence-electron chi connectivity index (χ0n) is 17.6. The summed E-state index contributed by atoms with van der Waals surface area (Å²) in [5.74, 6) is 0.696. The van der Waals surface area contributed by atoms with Gasteiger partial charge in [0.2, 0.25) is 5.90 Å². The summed E-state index contributed by atoms with van der Waals surface area (Å²) < 4.78 is 16.4. The fourth-order valence-corrected chi connectivity index (χ4v) is 3.59. The topological polar surface area (TPSA) is 77.4 Å². The maximum Gasteiger partial charge on any atom is 0.363 e. The van der Waals surface area contributed by atoms with Crippen molar-refractivity contribution in [1.29, 1.82) is 0 Å². The summed E-state index contributed by atoms with van der Waals surface area (Å²) in [4.78, 5) is 30.7. The van der Waals surface area contributed by atoms with Gasteiger partial charge in [-0.2, -0.15) is 0 Å². The average Bonchev–Trinajstić information content (AvgIpc) is 3.43. The summed E-state index contributed by atoms with van der Waals surface area (Å²) in [7, 11) is 1.53. The monoisotopic (exact) mass is 420 g/mol. The number of benzene rings is 2. The first-order valence-corrected chi connectivity index (χ1v) is 10.2. The molecule has 0 atom stereocenters. The lowest BCUT2D eigenvalue weighted by atomic mass is 10.1. The van der Waals surface area contributed by atoms with E-state index in [-0.39, 0.29) is 18.2 Å². The highest BCUT2D eigenvalue weighted by atomic mass is 16.6. The molecule has 0 aliphatic carbocycles. The largest absolute Gasteiger partial charge is 0.493 e. The number of rotatable bonds is 6. The number of hydrogen-bond acceptors (Lipinski definition) is 6. The molecule has 160 valence electrons. The van der Waals surface area contributed by atoms with Crippen LogP contribution in [0.4, 0.5) is 0 Å². The number of carbonyl (C=O) groups excluding carboxylic acids is 2. The SMILES string of the molecule is COc1cc(/C=C2/N=C(c3ccccc3C)OC2=O)ccc1OCC(=O)N1CCCC1. The first kappa shape index (κ1) is 20.7. The van der Waals surface area contributed by atoms with Crippen molar-refractivity contribution in [2.45, 2.75) is 19.8 Å². The summed E-state index contributed by atoms with van der Waals surface area (Å²) in [5, 5.41) is 0. The van der Waals surface area contributed by atoms with Gasteiger partial charge in [-0.25, -0.2) is 9.79 Å². The number of cyclic esters (lactones) is 1. The molecule has 0 radical (unpaired) electrons. The van der Waals surface area contributed by atoms with Crippen molar-refractivity contribution in [2.75, 3.05) is 26.8 Å². The summed E-state index contributed by atoms with van der Waals surface area (Å²) >= 11 is 0. The molecule has 4 rings (SSSR count). The molecule has 0 aromatic heterocycles. The van der Waals surface area contributed by atoms with Gasteiger partial charge in [0.15, 0.2) is 23.8 Å². The number of carbonyl (C=O) groups is 2. The number of hydrogen-bond donors (Lipinski definition) is 0. The smallest absolute Gasteiger partial charge is 0.363 e. The summed E-state index contributed by atoms with van der Waals surface area (Å²) in [5.41, 5.74) is 2.67. The minimum Gasteiger partial charge on any atom is -0.493 e. The molecule has 31 heavy (non-hydrogen) atoms. The zero-order valence-corrected chi connectivity index (χ0v) is 17.6. The van der Waals surface area contributed by atoms with Crippen LogP contribution in [0.25, 0.3) is 6.08 Å². The number of amides is 1. The molecule has 2 aromatic rings. The molecule has 1 fully saturated rings. The van der Waals surface area contributed by atoms with Gasteiger partial charge in [0.1, 0.15) is 0 Å². The molecule has 0 saturated carbocycles. The van der Waals surface area contributed by atoms with Crippen molar-refractivity contribution in [3.8, 4) is 11.5 Å². The van der Waals surface area contributed by atoms with E-state index in [1.807, 2.05) is 31.2 Å². The predicted molar refractivity (Wildman–Crippen MR) is 116 cm³/mol. The molecule has 7 nitrogen and oxygen atoms in total. The van der Waals surface area contributed by atoms with Crippen molar-refractivity contribution in [2.24, 2.45) is 4.99 Å². The van der Waals surface area contributed by atoms with E-state index in [9.17, 15) is 9.59 Å². The maximum atomic E-state index is 12.3. The first-order chi connectivity index (χ1) is 15.0. The van der Waals surface area contributed by atoms with E-state index in [2.05, 4.69) is 4.99 Å². The second-order valence-corrected chi connectivity index (χ2v) is 7.44. The fourth-order valence-electron chi connectivity index (χ4n) is 3.59. The van der Waals surface area contributed by atoms with Crippen LogP contribution in [0.3, 0.4) is 0 Å². The Kier molecular flexibility index (Phi) is 6.02. The Hall–Kier alpha value is -3.61. The number of ether oxygens (including phenoxy) is 3. The Bertz CT molecular complexity index is 1070. The lowest BCUT2D eigenvalue weighted by molar-refractivity contribution is -0.132. The van der Waals surface area contributed by atoms with Crippen molar-refractivity contribution in [1.82, 2.24) is 4.90 Å². The van der Waals surface area contributed by atoms with Crippen molar-refractivity contribution in [3.63, 3.8) is 0 Å². The van der Waals surface area contributed by atoms with Gasteiger partial charge in [0, 0.05) is 18.7 Å². The highest BCUT2D eigenvalue weighted by Gasteiger charge is 2.25. The van der Waals surface area contributed by atoms with E-state index in [1.54, 1.807) is 29.2 Å². The first-order valence-electron chi connectivity index (χ1n) is 10.2. The molecular formula is C24H24N2O5. The van der Waals surface area contributed by atoms with Crippen LogP contribution in [0.5, 0.6) is 11.5 Å². The third kappa shape index (κ3) is 4.60. The van der Waals surface area contributed by atoms with Gasteiger partial charge in [0.25, 0.3) is 5.91 Å². The lowest BCUT2D eigenvalue weighted by Gasteiger charge is -2.16. The average molecular weight is 420 g/mol. The fraction of sp³-hybridized carbons (Fsp3) is 0.292. The molecule has 0 N–H and O–H groups in total. The van der Waals surface area contributed by atoms with Gasteiger partial charge in [-0.1, -0.05) is 24.3 Å². The molecule has 2 aliphatic rings. The van der Waals surface area contributed by atoms with E-state index in [0.29, 0.717) is 23.0 Å². The molecule has 1 amide bonds. The van der Waals surface area contributed by atoms with E-state index in [0.717, 1.165) is 37.1 Å². The standard InChI is InChI=1S/C24H24N2O5/c1-16-7-3-4-8-18(16)23-25-19(24(28)31-23)13-17-9-10-20(21(14-17)29-2)30-15-22(27)26-11-5-6-12-26/h3-4,7-10,13-14H,5-6,11-12,15H2,1-2H3/b19-13+. The van der Waals surface area contributed by atoms with Crippen molar-refractivity contribution in [3.05, 3.63) is 64.9 Å². The van der Waals surface area contributed by atoms with Crippen LogP contribution >= 0.6 is 0 Å². The molecule has 2 heterocycles. The summed E-state index contributed by atoms with van der Waals surface area (Å²) in [6.07, 6.45) is 3.71. The number of aryl methyl sites for hydroxylation is 1. The second-order valence-electron chi connectivity index (χ2n) is 7.44. The van der Waals surface area contributed by atoms with E-state index >= 15 is 0 Å². The predicted octanol–water partition coefficient (Wildman–Crippen LogP) is 3.35. The van der Waals surface area contributed by atoms with Gasteiger partial charge in [0.05, 0.1) is 7.11 Å². The van der Waals surface area contributed by atoms with Gasteiger partial charge in [-0.15, -0.1) is 0 Å². The van der Waals surface area contributed by atoms with Crippen LogP contribution in [0.2, 0.25) is 0 Å². The third-order valence-electron chi connectivity index (χ3n) is 5.30. The van der Waals surface area contributed by atoms with Gasteiger partial charge >= 0.3 is 5.97 Å². The van der Waals surface area contributed by atoms with Crippen molar-refractivity contribution >= 4 is 23.9 Å². The van der Waals surface area contributed by atoms with Crippen LogP contribution in [0.1, 0.15) is 29.5 Å². The number of methoxy groups -OCH3 is 1. The van der Waals surface area contributed by atoms with Gasteiger partial charge in [-0.3, -0.25) is 4.79 Å². The molecule has 1 saturated heterocycles. The molecule has 0 unspecified atom stereocenters. The van der Waals surface area contributed by atoms with Crippen LogP contribution in [0.15, 0.2) is 53.2 Å². The van der Waals surface area contributed by atoms with Crippen LogP contribution in [0, 0.1) is 6.92 Å². The number of likely N-dealkylation sites (tertiary alicyclic amines) is 1. The second kappa shape index (κ2) is 9.04. The molecule has 0 bridgehead atoms. The van der Waals surface area contributed by atoms with Gasteiger partial charge < -0.3 is 19.1 Å². The van der Waals surface area contributed by atoms with Gasteiger partial charge in [-0.05, 0) is 55.2 Å². The lowest BCUT2D eigenvalue weighted by Crippen LogP contribution is -2.32. The Morgan fingerprint density at radius 2 is 1.94 bits per heavy atom. The Labute approximate surface area is 180 Å². The van der Waals surface area contributed by atoms with Crippen LogP contribution < -0.4 is 9.47 Å². The maximum absolute atomic E-state index is 12.3. The normalized spacial score (nSPS) is 17.0. The highest BCUT2D eigenvalue weighted by Crippen LogP contribution is 2.30. The Balaban J connectivity index is 1.50. The van der Waals surface area contributed by atoms with Crippen LogP contribution in [-0.4, -0.2) is 49.5 Å². The van der Waals surface area contributed by atoms with Crippen molar-refractivity contribution < 1.29 is 23.8 Å². The molecule has 0 spiro atoms. The zero-order chi connectivity index (χ0) is 21.8. The highest BCUT2D eigenvalue weighted by molar-refractivity contribution is 6.13. The molecule has 2 aliphatic heterocycles. The minimum absolute atomic E-state index is 0.0301. The minimum atomic E-state index is -0.506. The third-order valence-corrected chi connectivity index (χ3v) is 5.30. The van der Waals surface area contributed by atoms with Crippen LogP contribution in [-0.2, 0) is 14.3 Å². The molecule has 7 heteroatoms. The molecule has 2 aromatic carbocycles. The Morgan fingerprint density at radius 3 is 2.68 bits per heavy atom. The quantitative estimate of drug-likeness (QED) is 0.529.